The number of nitro groups is 1. The summed E-state index contributed by atoms with van der Waals surface area (Å²) in [6.07, 6.45) is 3.48. The highest BCUT2D eigenvalue weighted by Crippen LogP contribution is 2.41. The number of aliphatic imine (C=N–C) groups is 1. The molecule has 0 saturated heterocycles. The van der Waals surface area contributed by atoms with Gasteiger partial charge in [-0.1, -0.05) is 60.7 Å². The maximum absolute atomic E-state index is 13.5. The quantitative estimate of drug-likeness (QED) is 0.136. The molecule has 2 N–H and O–H groups in total. The molecule has 3 aromatic carbocycles. The van der Waals surface area contributed by atoms with E-state index in [-0.39, 0.29) is 42.3 Å². The summed E-state index contributed by atoms with van der Waals surface area (Å²) in [5.74, 6) is -4.28. The number of ether oxygens (including phenoxy) is 2. The highest BCUT2D eigenvalue weighted by atomic mass is 16.6. The molecule has 1 unspecified atom stereocenters. The fraction of sp³-hybridized carbons (Fsp3) is 0.212. The molecule has 0 saturated carbocycles. The number of esters is 2. The predicted octanol–water partition coefficient (Wildman–Crippen LogP) is 4.98. The van der Waals surface area contributed by atoms with E-state index < -0.39 is 34.6 Å². The zero-order chi connectivity index (χ0) is 31.6. The Morgan fingerprint density at radius 2 is 1.73 bits per heavy atom. The van der Waals surface area contributed by atoms with Crippen LogP contribution in [0.2, 0.25) is 0 Å². The van der Waals surface area contributed by atoms with Gasteiger partial charge in [0.1, 0.15) is 24.9 Å². The number of para-hydroxylation sites is 1. The molecule has 4 rings (SSSR count). The van der Waals surface area contributed by atoms with E-state index >= 15 is 0 Å². The second-order valence-electron chi connectivity index (χ2n) is 9.91. The predicted molar refractivity (Wildman–Crippen MR) is 163 cm³/mol. The molecule has 1 aliphatic rings. The van der Waals surface area contributed by atoms with E-state index in [1.807, 2.05) is 30.3 Å². The zero-order valence-corrected chi connectivity index (χ0v) is 24.1. The van der Waals surface area contributed by atoms with Gasteiger partial charge in [0.2, 0.25) is 0 Å². The molecule has 2 atom stereocenters. The highest BCUT2D eigenvalue weighted by Gasteiger charge is 2.42. The number of nitro benzene ring substituents is 1. The number of non-ortho nitro benzene ring substituents is 1. The Kier molecular flexibility index (Phi) is 10.4. The van der Waals surface area contributed by atoms with Gasteiger partial charge in [0.25, 0.3) is 11.6 Å². The van der Waals surface area contributed by atoms with Gasteiger partial charge in [0.15, 0.2) is 0 Å². The highest BCUT2D eigenvalue weighted by molar-refractivity contribution is 6.07. The molecule has 11 heteroatoms. The molecule has 44 heavy (non-hydrogen) atoms. The number of phenolic OH excluding ortho intramolecular Hbond substituents is 1. The maximum atomic E-state index is 13.5. The molecule has 0 bridgehead atoms. The van der Waals surface area contributed by atoms with Crippen molar-refractivity contribution in [2.45, 2.75) is 19.8 Å². The second kappa shape index (κ2) is 14.5. The van der Waals surface area contributed by atoms with Crippen LogP contribution >= 0.6 is 0 Å². The van der Waals surface area contributed by atoms with Crippen LogP contribution in [0.4, 0.5) is 5.69 Å². The van der Waals surface area contributed by atoms with Gasteiger partial charge in [-0.25, -0.2) is 4.79 Å². The zero-order valence-electron chi connectivity index (χ0n) is 24.1. The molecule has 1 heterocycles. The van der Waals surface area contributed by atoms with Crippen LogP contribution in [0.15, 0.2) is 101 Å². The summed E-state index contributed by atoms with van der Waals surface area (Å²) in [6, 6.07) is 21.2. The molecule has 0 spiro atoms. The Hall–Kier alpha value is -5.58. The van der Waals surface area contributed by atoms with Crippen molar-refractivity contribution in [2.75, 3.05) is 19.8 Å². The lowest BCUT2D eigenvalue weighted by Gasteiger charge is -2.31. The Balaban J connectivity index is 1.53. The summed E-state index contributed by atoms with van der Waals surface area (Å²) in [5, 5.41) is 24.0. The Morgan fingerprint density at radius 1 is 1.00 bits per heavy atom. The Labute approximate surface area is 253 Å². The minimum atomic E-state index is -1.10. The third kappa shape index (κ3) is 7.62. The van der Waals surface area contributed by atoms with Gasteiger partial charge in [0, 0.05) is 29.5 Å². The molecule has 0 aromatic heterocycles. The van der Waals surface area contributed by atoms with Gasteiger partial charge < -0.3 is 19.9 Å². The lowest BCUT2D eigenvalue weighted by Crippen LogP contribution is -2.37. The number of nitrogens with one attached hydrogen (secondary N) is 1. The lowest BCUT2D eigenvalue weighted by molar-refractivity contribution is -0.384. The van der Waals surface area contributed by atoms with E-state index in [2.05, 4.69) is 10.3 Å². The van der Waals surface area contributed by atoms with Gasteiger partial charge in [-0.15, -0.1) is 0 Å². The van der Waals surface area contributed by atoms with Gasteiger partial charge in [-0.3, -0.25) is 24.7 Å². The molecular formula is C33H31N3O8. The number of allylic oxidation sites excluding steroid dienone is 1. The number of carbonyl (C=O) groups is 3. The molecule has 0 fully saturated rings. The van der Waals surface area contributed by atoms with E-state index in [1.54, 1.807) is 44.2 Å². The molecule has 1 aliphatic heterocycles. The van der Waals surface area contributed by atoms with Gasteiger partial charge in [-0.2, -0.15) is 0 Å². The molecule has 1 amide bonds. The van der Waals surface area contributed by atoms with E-state index in [4.69, 9.17) is 9.47 Å². The molecule has 0 radical (unpaired) electrons. The van der Waals surface area contributed by atoms with Crippen molar-refractivity contribution in [2.24, 2.45) is 10.9 Å². The van der Waals surface area contributed by atoms with Gasteiger partial charge in [-0.05, 0) is 43.2 Å². The van der Waals surface area contributed by atoms with Crippen LogP contribution in [0.3, 0.4) is 0 Å². The van der Waals surface area contributed by atoms with Crippen LogP contribution in [0.5, 0.6) is 5.75 Å². The first-order chi connectivity index (χ1) is 21.2. The number of amides is 1. The number of phenols is 1. The van der Waals surface area contributed by atoms with E-state index in [0.717, 1.165) is 5.56 Å². The maximum Gasteiger partial charge on any atom is 0.336 e. The van der Waals surface area contributed by atoms with Crippen LogP contribution in [-0.2, 0) is 19.1 Å². The van der Waals surface area contributed by atoms with Crippen molar-refractivity contribution in [3.05, 3.63) is 123 Å². The molecular weight excluding hydrogens is 566 g/mol. The fourth-order valence-electron chi connectivity index (χ4n) is 4.92. The van der Waals surface area contributed by atoms with Crippen molar-refractivity contribution in [1.82, 2.24) is 5.32 Å². The fourth-order valence-corrected chi connectivity index (χ4v) is 4.92. The first kappa shape index (κ1) is 31.4. The van der Waals surface area contributed by atoms with E-state index in [1.165, 1.54) is 30.3 Å². The van der Waals surface area contributed by atoms with Crippen molar-refractivity contribution in [1.29, 1.82) is 0 Å². The van der Waals surface area contributed by atoms with Crippen molar-refractivity contribution in [3.8, 4) is 5.75 Å². The van der Waals surface area contributed by atoms with Gasteiger partial charge in [0.05, 0.1) is 22.6 Å². The number of hydrogen-bond acceptors (Lipinski definition) is 9. The summed E-state index contributed by atoms with van der Waals surface area (Å²) < 4.78 is 11.0. The van der Waals surface area contributed by atoms with Crippen molar-refractivity contribution >= 4 is 35.3 Å². The van der Waals surface area contributed by atoms with Gasteiger partial charge >= 0.3 is 11.9 Å². The van der Waals surface area contributed by atoms with Crippen LogP contribution in [-0.4, -0.2) is 53.3 Å². The average Bonchev–Trinajstić information content (AvgIpc) is 3.01. The summed E-state index contributed by atoms with van der Waals surface area (Å²) in [5.41, 5.74) is 1.87. The third-order valence-corrected chi connectivity index (χ3v) is 6.94. The van der Waals surface area contributed by atoms with Crippen molar-refractivity contribution in [3.63, 3.8) is 0 Å². The lowest BCUT2D eigenvalue weighted by atomic mass is 9.75. The molecule has 0 aliphatic carbocycles. The van der Waals surface area contributed by atoms with E-state index in [0.29, 0.717) is 17.0 Å². The van der Waals surface area contributed by atoms with Crippen LogP contribution in [0, 0.1) is 16.0 Å². The summed E-state index contributed by atoms with van der Waals surface area (Å²) in [6.45, 7) is 2.91. The standard InChI is InChI=1S/C33H31N3O8/c1-21-28(32(39)43-18-9-12-23-10-4-3-5-11-23)30(24-13-8-14-25(20-24)36(41)42)29(22(2)35-21)33(40)44-19-17-34-31(38)26-15-6-7-16-27(26)37/h3-16,20,29-30,37H,17-19H2,1-2H3,(H,34,38)/b12-9+/t29?,30-/m0/s1. The second-order valence-corrected chi connectivity index (χ2v) is 9.91. The normalized spacial score (nSPS) is 16.3. The minimum absolute atomic E-state index is 0.0548. The number of nitrogens with zero attached hydrogens (tertiary/aromatic N) is 2. The summed E-state index contributed by atoms with van der Waals surface area (Å²) in [7, 11) is 0. The summed E-state index contributed by atoms with van der Waals surface area (Å²) >= 11 is 0. The van der Waals surface area contributed by atoms with Crippen LogP contribution in [0.1, 0.15) is 41.3 Å². The number of benzene rings is 3. The molecule has 226 valence electrons. The van der Waals surface area contributed by atoms with Crippen LogP contribution in [0.25, 0.3) is 6.08 Å². The minimum Gasteiger partial charge on any atom is -0.507 e. The molecule has 3 aromatic rings. The third-order valence-electron chi connectivity index (χ3n) is 6.94. The number of aromatic hydroxyl groups is 1. The topological polar surface area (TPSA) is 157 Å². The number of carbonyl (C=O) groups excluding carboxylic acids is 3. The number of rotatable bonds is 11. The Bertz CT molecular complexity index is 1650. The number of hydrogen-bond donors (Lipinski definition) is 2. The monoisotopic (exact) mass is 597 g/mol. The first-order valence-corrected chi connectivity index (χ1v) is 13.8. The molecule has 11 nitrogen and oxygen atoms in total. The largest absolute Gasteiger partial charge is 0.507 e. The van der Waals surface area contributed by atoms with E-state index in [9.17, 15) is 29.6 Å². The first-order valence-electron chi connectivity index (χ1n) is 13.8. The van der Waals surface area contributed by atoms with Crippen molar-refractivity contribution < 1.29 is 33.9 Å². The summed E-state index contributed by atoms with van der Waals surface area (Å²) in [4.78, 5) is 54.8. The Morgan fingerprint density at radius 3 is 2.45 bits per heavy atom. The SMILES string of the molecule is CC1=NC(C)=C(C(=O)OC/C=C/c2ccccc2)[C@H](c2cccc([N+](=O)[O-])c2)C1C(=O)OCCNC(=O)c1ccccc1O. The smallest absolute Gasteiger partial charge is 0.336 e. The average molecular weight is 598 g/mol. The van der Waals surface area contributed by atoms with Crippen LogP contribution < -0.4 is 5.32 Å².